The molecule has 0 saturated carbocycles. The van der Waals surface area contributed by atoms with E-state index in [0.717, 1.165) is 11.1 Å². The van der Waals surface area contributed by atoms with Gasteiger partial charge < -0.3 is 9.15 Å². The average Bonchev–Trinajstić information content (AvgIpc) is 3.02. The molecule has 0 aliphatic heterocycles. The molecule has 116 valence electrons. The van der Waals surface area contributed by atoms with E-state index in [0.29, 0.717) is 5.89 Å². The minimum atomic E-state index is -0.599. The number of aromatic nitrogens is 3. The van der Waals surface area contributed by atoms with Crippen molar-refractivity contribution in [1.29, 1.82) is 0 Å². The Morgan fingerprint density at radius 2 is 2.13 bits per heavy atom. The van der Waals surface area contributed by atoms with Crippen LogP contribution in [0.25, 0.3) is 11.5 Å². The molecule has 0 aliphatic carbocycles. The van der Waals surface area contributed by atoms with E-state index in [9.17, 15) is 4.79 Å². The Hall–Kier alpha value is -2.73. The normalized spacial score (nSPS) is 10.5. The molecule has 23 heavy (non-hydrogen) atoms. The van der Waals surface area contributed by atoms with Crippen molar-refractivity contribution in [2.24, 2.45) is 0 Å². The zero-order valence-electron chi connectivity index (χ0n) is 12.2. The smallest absolute Gasteiger partial charge is 0.341 e. The molecule has 0 fully saturated rings. The lowest BCUT2D eigenvalue weighted by atomic mass is 10.1. The van der Waals surface area contributed by atoms with Gasteiger partial charge in [-0.15, -0.1) is 10.2 Å². The van der Waals surface area contributed by atoms with E-state index in [1.807, 2.05) is 31.2 Å². The van der Waals surface area contributed by atoms with Crippen LogP contribution in [-0.2, 0) is 11.3 Å². The first-order valence-corrected chi connectivity index (χ1v) is 7.18. The van der Waals surface area contributed by atoms with Gasteiger partial charge in [0, 0.05) is 11.8 Å². The number of hydrogen-bond donors (Lipinski definition) is 0. The van der Waals surface area contributed by atoms with Crippen LogP contribution < -0.4 is 0 Å². The van der Waals surface area contributed by atoms with Gasteiger partial charge in [-0.3, -0.25) is 0 Å². The fourth-order valence-corrected chi connectivity index (χ4v) is 2.15. The molecule has 3 aromatic rings. The Labute approximate surface area is 137 Å². The van der Waals surface area contributed by atoms with Gasteiger partial charge in [-0.1, -0.05) is 29.3 Å². The summed E-state index contributed by atoms with van der Waals surface area (Å²) in [4.78, 5) is 15.7. The molecule has 0 saturated heterocycles. The standard InChI is InChI=1S/C16H12ClN3O3/c1-10-4-2-5-11(8-10)15-20-19-13(23-15)9-22-16(21)12-6-3-7-18-14(12)17/h2-8H,9H2,1H3. The molecule has 3 rings (SSSR count). The Kier molecular flexibility index (Phi) is 4.34. The first-order valence-electron chi connectivity index (χ1n) is 6.80. The Morgan fingerprint density at radius 1 is 1.26 bits per heavy atom. The maximum Gasteiger partial charge on any atom is 0.341 e. The first kappa shape index (κ1) is 15.2. The highest BCUT2D eigenvalue weighted by atomic mass is 35.5. The molecule has 2 aromatic heterocycles. The number of hydrogen-bond acceptors (Lipinski definition) is 6. The summed E-state index contributed by atoms with van der Waals surface area (Å²) in [6, 6.07) is 10.8. The summed E-state index contributed by atoms with van der Waals surface area (Å²) in [5.74, 6) is -0.0209. The molecule has 0 unspecified atom stereocenters. The number of benzene rings is 1. The highest BCUT2D eigenvalue weighted by Crippen LogP contribution is 2.19. The molecule has 6 nitrogen and oxygen atoms in total. The van der Waals surface area contributed by atoms with E-state index in [1.54, 1.807) is 6.07 Å². The Bertz CT molecular complexity index is 848. The highest BCUT2D eigenvalue weighted by molar-refractivity contribution is 6.32. The molecule has 0 atom stereocenters. The number of esters is 1. The number of rotatable bonds is 4. The molecule has 0 bridgehead atoms. The summed E-state index contributed by atoms with van der Waals surface area (Å²) in [7, 11) is 0. The van der Waals surface area contributed by atoms with Crippen LogP contribution in [0.3, 0.4) is 0 Å². The summed E-state index contributed by atoms with van der Waals surface area (Å²) < 4.78 is 10.6. The van der Waals surface area contributed by atoms with Crippen molar-refractivity contribution in [3.05, 3.63) is 64.8 Å². The van der Waals surface area contributed by atoms with Crippen molar-refractivity contribution >= 4 is 17.6 Å². The van der Waals surface area contributed by atoms with E-state index >= 15 is 0 Å². The second-order valence-electron chi connectivity index (χ2n) is 4.79. The minimum absolute atomic E-state index is 0.0866. The third-order valence-corrected chi connectivity index (χ3v) is 3.34. The lowest BCUT2D eigenvalue weighted by molar-refractivity contribution is 0.0438. The lowest BCUT2D eigenvalue weighted by Gasteiger charge is -2.02. The van der Waals surface area contributed by atoms with Gasteiger partial charge in [0.25, 0.3) is 5.89 Å². The predicted molar refractivity (Wildman–Crippen MR) is 82.8 cm³/mol. The third kappa shape index (κ3) is 3.54. The van der Waals surface area contributed by atoms with Crippen molar-refractivity contribution in [3.63, 3.8) is 0 Å². The maximum atomic E-state index is 11.9. The summed E-state index contributed by atoms with van der Waals surface area (Å²) in [5.41, 5.74) is 2.08. The molecule has 7 heteroatoms. The number of aryl methyl sites for hydroxylation is 1. The van der Waals surface area contributed by atoms with E-state index in [-0.39, 0.29) is 23.2 Å². The van der Waals surface area contributed by atoms with Crippen LogP contribution in [0.15, 0.2) is 47.0 Å². The summed E-state index contributed by atoms with van der Waals surface area (Å²) in [6.45, 7) is 1.84. The molecule has 0 aliphatic rings. The van der Waals surface area contributed by atoms with E-state index < -0.39 is 5.97 Å². The second-order valence-corrected chi connectivity index (χ2v) is 5.15. The van der Waals surface area contributed by atoms with E-state index in [1.165, 1.54) is 12.3 Å². The maximum absolute atomic E-state index is 11.9. The van der Waals surface area contributed by atoms with E-state index in [4.69, 9.17) is 20.8 Å². The number of carbonyl (C=O) groups excluding carboxylic acids is 1. The molecule has 0 N–H and O–H groups in total. The topological polar surface area (TPSA) is 78.1 Å². The summed E-state index contributed by atoms with van der Waals surface area (Å²) in [6.07, 6.45) is 1.49. The fourth-order valence-electron chi connectivity index (χ4n) is 1.95. The molecule has 0 radical (unpaired) electrons. The Morgan fingerprint density at radius 3 is 2.91 bits per heavy atom. The number of nitrogens with zero attached hydrogens (tertiary/aromatic N) is 3. The van der Waals surface area contributed by atoms with Crippen LogP contribution in [-0.4, -0.2) is 21.2 Å². The Balaban J connectivity index is 1.68. The van der Waals surface area contributed by atoms with Crippen LogP contribution in [0.4, 0.5) is 0 Å². The third-order valence-electron chi connectivity index (χ3n) is 3.04. The fraction of sp³-hybridized carbons (Fsp3) is 0.125. The van der Waals surface area contributed by atoms with Crippen molar-refractivity contribution in [3.8, 4) is 11.5 Å². The van der Waals surface area contributed by atoms with Gasteiger partial charge in [-0.25, -0.2) is 9.78 Å². The van der Waals surface area contributed by atoms with Gasteiger partial charge in [-0.2, -0.15) is 0 Å². The van der Waals surface area contributed by atoms with Gasteiger partial charge in [0.15, 0.2) is 6.61 Å². The summed E-state index contributed by atoms with van der Waals surface area (Å²) >= 11 is 5.84. The first-order chi connectivity index (χ1) is 11.1. The van der Waals surface area contributed by atoms with Crippen molar-refractivity contribution in [1.82, 2.24) is 15.2 Å². The van der Waals surface area contributed by atoms with Crippen LogP contribution in [0.2, 0.25) is 5.15 Å². The predicted octanol–water partition coefficient (Wildman–Crippen LogP) is 3.45. The van der Waals surface area contributed by atoms with Gasteiger partial charge in [0.05, 0.1) is 5.56 Å². The molecular formula is C16H12ClN3O3. The average molecular weight is 330 g/mol. The lowest BCUT2D eigenvalue weighted by Crippen LogP contribution is -2.06. The molecule has 2 heterocycles. The summed E-state index contributed by atoms with van der Waals surface area (Å²) in [5, 5.41) is 7.90. The number of ether oxygens (including phenoxy) is 1. The zero-order chi connectivity index (χ0) is 16.2. The SMILES string of the molecule is Cc1cccc(-c2nnc(COC(=O)c3cccnc3Cl)o2)c1. The van der Waals surface area contributed by atoms with E-state index in [2.05, 4.69) is 15.2 Å². The highest BCUT2D eigenvalue weighted by Gasteiger charge is 2.15. The minimum Gasteiger partial charge on any atom is -0.452 e. The quantitative estimate of drug-likeness (QED) is 0.539. The number of pyridine rings is 1. The monoisotopic (exact) mass is 329 g/mol. The molecule has 0 amide bonds. The van der Waals surface area contributed by atoms with Crippen LogP contribution in [0.1, 0.15) is 21.8 Å². The van der Waals surface area contributed by atoms with Crippen molar-refractivity contribution in [2.75, 3.05) is 0 Å². The van der Waals surface area contributed by atoms with Crippen molar-refractivity contribution in [2.45, 2.75) is 13.5 Å². The second kappa shape index (κ2) is 6.58. The van der Waals surface area contributed by atoms with Gasteiger partial charge in [-0.05, 0) is 31.2 Å². The van der Waals surface area contributed by atoms with Gasteiger partial charge in [0.1, 0.15) is 5.15 Å². The molecular weight excluding hydrogens is 318 g/mol. The number of carbonyl (C=O) groups is 1. The van der Waals surface area contributed by atoms with Crippen molar-refractivity contribution < 1.29 is 13.9 Å². The largest absolute Gasteiger partial charge is 0.452 e. The van der Waals surface area contributed by atoms with Crippen LogP contribution >= 0.6 is 11.6 Å². The molecule has 1 aromatic carbocycles. The molecule has 0 spiro atoms. The van der Waals surface area contributed by atoms with Gasteiger partial charge >= 0.3 is 5.97 Å². The number of halogens is 1. The van der Waals surface area contributed by atoms with Gasteiger partial charge in [0.2, 0.25) is 5.89 Å². The van der Waals surface area contributed by atoms with Crippen LogP contribution in [0.5, 0.6) is 0 Å². The van der Waals surface area contributed by atoms with Crippen LogP contribution in [0, 0.1) is 6.92 Å². The zero-order valence-corrected chi connectivity index (χ0v) is 12.9.